The van der Waals surface area contributed by atoms with Crippen LogP contribution < -0.4 is 14.8 Å². The molecular formula is C18H24ClNO3. The molecule has 0 aromatic heterocycles. The van der Waals surface area contributed by atoms with Gasteiger partial charge in [-0.3, -0.25) is 4.79 Å². The monoisotopic (exact) mass is 337 g/mol. The molecule has 1 saturated carbocycles. The fraction of sp³-hybridized carbons (Fsp3) is 0.500. The van der Waals surface area contributed by atoms with Crippen LogP contribution in [0.4, 0.5) is 0 Å². The van der Waals surface area contributed by atoms with Gasteiger partial charge in [-0.25, -0.2) is 0 Å². The summed E-state index contributed by atoms with van der Waals surface area (Å²) < 4.78 is 10.5. The quantitative estimate of drug-likeness (QED) is 0.824. The summed E-state index contributed by atoms with van der Waals surface area (Å²) in [4.78, 5) is 12.1. The minimum Gasteiger partial charge on any atom is -0.493 e. The van der Waals surface area contributed by atoms with Crippen molar-refractivity contribution in [1.29, 1.82) is 0 Å². The molecule has 1 N–H and O–H groups in total. The van der Waals surface area contributed by atoms with Gasteiger partial charge in [-0.05, 0) is 42.5 Å². The molecule has 2 rings (SSSR count). The molecule has 2 atom stereocenters. The highest BCUT2D eigenvalue weighted by molar-refractivity contribution is 6.32. The molecule has 0 heterocycles. The molecule has 0 spiro atoms. The summed E-state index contributed by atoms with van der Waals surface area (Å²) >= 11 is 6.16. The number of rotatable bonds is 5. The maximum atomic E-state index is 12.1. The first-order valence-electron chi connectivity index (χ1n) is 7.95. The van der Waals surface area contributed by atoms with E-state index < -0.39 is 0 Å². The summed E-state index contributed by atoms with van der Waals surface area (Å²) in [6.07, 6.45) is 7.95. The van der Waals surface area contributed by atoms with Crippen molar-refractivity contribution >= 4 is 23.6 Å². The third-order valence-electron chi connectivity index (χ3n) is 4.32. The summed E-state index contributed by atoms with van der Waals surface area (Å²) in [5.74, 6) is 1.50. The summed E-state index contributed by atoms with van der Waals surface area (Å²) in [7, 11) is 3.09. The molecule has 1 aliphatic rings. The molecule has 0 aliphatic heterocycles. The number of carbonyl (C=O) groups is 1. The predicted octanol–water partition coefficient (Wildman–Crippen LogP) is 4.07. The molecule has 1 fully saturated rings. The van der Waals surface area contributed by atoms with Crippen LogP contribution in [0.3, 0.4) is 0 Å². The fourth-order valence-corrected chi connectivity index (χ4v) is 3.26. The van der Waals surface area contributed by atoms with Crippen molar-refractivity contribution in [1.82, 2.24) is 5.32 Å². The third kappa shape index (κ3) is 4.64. The van der Waals surface area contributed by atoms with Crippen LogP contribution in [0.25, 0.3) is 6.08 Å². The van der Waals surface area contributed by atoms with E-state index >= 15 is 0 Å². The zero-order valence-corrected chi connectivity index (χ0v) is 14.7. The molecule has 1 aliphatic carbocycles. The first-order valence-corrected chi connectivity index (χ1v) is 8.33. The van der Waals surface area contributed by atoms with Gasteiger partial charge in [0.1, 0.15) is 0 Å². The van der Waals surface area contributed by atoms with Crippen LogP contribution in [0.2, 0.25) is 5.02 Å². The van der Waals surface area contributed by atoms with Crippen molar-refractivity contribution in [2.75, 3.05) is 14.2 Å². The Bertz CT molecular complexity index is 586. The van der Waals surface area contributed by atoms with Crippen LogP contribution in [0, 0.1) is 5.92 Å². The van der Waals surface area contributed by atoms with Crippen molar-refractivity contribution in [2.45, 2.75) is 38.6 Å². The van der Waals surface area contributed by atoms with Gasteiger partial charge >= 0.3 is 0 Å². The van der Waals surface area contributed by atoms with E-state index in [9.17, 15) is 4.79 Å². The number of benzene rings is 1. The Kier molecular flexibility index (Phi) is 6.34. The Hall–Kier alpha value is -1.68. The number of carbonyl (C=O) groups excluding carboxylic acids is 1. The summed E-state index contributed by atoms with van der Waals surface area (Å²) in [6, 6.07) is 3.81. The van der Waals surface area contributed by atoms with Gasteiger partial charge in [-0.2, -0.15) is 0 Å². The van der Waals surface area contributed by atoms with Gasteiger partial charge in [0, 0.05) is 12.1 Å². The SMILES string of the molecule is COc1cc(/C=C/C(=O)NC2CCCCC2C)cc(Cl)c1OC. The molecular weight excluding hydrogens is 314 g/mol. The maximum absolute atomic E-state index is 12.1. The van der Waals surface area contributed by atoms with Gasteiger partial charge in [-0.1, -0.05) is 31.4 Å². The largest absolute Gasteiger partial charge is 0.493 e. The van der Waals surface area contributed by atoms with Gasteiger partial charge in [0.15, 0.2) is 11.5 Å². The Morgan fingerprint density at radius 3 is 2.65 bits per heavy atom. The zero-order chi connectivity index (χ0) is 16.8. The maximum Gasteiger partial charge on any atom is 0.244 e. The lowest BCUT2D eigenvalue weighted by molar-refractivity contribution is -0.117. The Labute approximate surface area is 142 Å². The number of hydrogen-bond donors (Lipinski definition) is 1. The first kappa shape index (κ1) is 17.7. The lowest BCUT2D eigenvalue weighted by Gasteiger charge is -2.29. The minimum atomic E-state index is -0.0744. The van der Waals surface area contributed by atoms with Gasteiger partial charge in [0.2, 0.25) is 5.91 Å². The average Bonchev–Trinajstić information content (AvgIpc) is 2.54. The van der Waals surface area contributed by atoms with Gasteiger partial charge in [-0.15, -0.1) is 0 Å². The van der Waals surface area contributed by atoms with Crippen molar-refractivity contribution in [3.63, 3.8) is 0 Å². The van der Waals surface area contributed by atoms with E-state index in [1.54, 1.807) is 31.4 Å². The van der Waals surface area contributed by atoms with Crippen molar-refractivity contribution in [2.24, 2.45) is 5.92 Å². The zero-order valence-electron chi connectivity index (χ0n) is 13.9. The highest BCUT2D eigenvalue weighted by atomic mass is 35.5. The summed E-state index contributed by atoms with van der Waals surface area (Å²) in [5.41, 5.74) is 0.791. The van der Waals surface area contributed by atoms with Crippen LogP contribution in [-0.4, -0.2) is 26.2 Å². The van der Waals surface area contributed by atoms with E-state index in [1.807, 2.05) is 0 Å². The smallest absolute Gasteiger partial charge is 0.244 e. The van der Waals surface area contributed by atoms with Crippen molar-refractivity contribution < 1.29 is 14.3 Å². The molecule has 23 heavy (non-hydrogen) atoms. The van der Waals surface area contributed by atoms with Crippen LogP contribution >= 0.6 is 11.6 Å². The molecule has 1 amide bonds. The Morgan fingerprint density at radius 1 is 1.26 bits per heavy atom. The summed E-state index contributed by atoms with van der Waals surface area (Å²) in [5, 5.41) is 3.54. The lowest BCUT2D eigenvalue weighted by Crippen LogP contribution is -2.40. The lowest BCUT2D eigenvalue weighted by atomic mass is 9.86. The topological polar surface area (TPSA) is 47.6 Å². The Balaban J connectivity index is 2.04. The minimum absolute atomic E-state index is 0.0744. The number of ether oxygens (including phenoxy) is 2. The van der Waals surface area contributed by atoms with Crippen LogP contribution in [-0.2, 0) is 4.79 Å². The number of hydrogen-bond acceptors (Lipinski definition) is 3. The van der Waals surface area contributed by atoms with Crippen LogP contribution in [0.5, 0.6) is 11.5 Å². The standard InChI is InChI=1S/C18H24ClNO3/c1-12-6-4-5-7-15(12)20-17(21)9-8-13-10-14(19)18(23-3)16(11-13)22-2/h8-12,15H,4-7H2,1-3H3,(H,20,21)/b9-8+. The molecule has 0 bridgehead atoms. The van der Waals surface area contributed by atoms with E-state index in [0.717, 1.165) is 12.0 Å². The van der Waals surface area contributed by atoms with E-state index in [4.69, 9.17) is 21.1 Å². The van der Waals surface area contributed by atoms with Crippen molar-refractivity contribution in [3.05, 3.63) is 28.8 Å². The van der Waals surface area contributed by atoms with Gasteiger partial charge in [0.25, 0.3) is 0 Å². The normalized spacial score (nSPS) is 21.2. The molecule has 5 heteroatoms. The second kappa shape index (κ2) is 8.25. The van der Waals surface area contributed by atoms with E-state index in [1.165, 1.54) is 26.4 Å². The molecule has 1 aromatic rings. The van der Waals surface area contributed by atoms with E-state index in [2.05, 4.69) is 12.2 Å². The Morgan fingerprint density at radius 2 is 2.00 bits per heavy atom. The molecule has 1 aromatic carbocycles. The number of methoxy groups -OCH3 is 2. The second-order valence-corrected chi connectivity index (χ2v) is 6.36. The van der Waals surface area contributed by atoms with Crippen LogP contribution in [0.1, 0.15) is 38.2 Å². The van der Waals surface area contributed by atoms with Gasteiger partial charge in [0.05, 0.1) is 19.2 Å². The average molecular weight is 338 g/mol. The predicted molar refractivity (Wildman–Crippen MR) is 93.2 cm³/mol. The molecule has 126 valence electrons. The van der Waals surface area contributed by atoms with E-state index in [0.29, 0.717) is 22.4 Å². The molecule has 0 saturated heterocycles. The highest BCUT2D eigenvalue weighted by Crippen LogP contribution is 2.36. The number of amides is 1. The third-order valence-corrected chi connectivity index (χ3v) is 4.60. The van der Waals surface area contributed by atoms with Gasteiger partial charge < -0.3 is 14.8 Å². The number of nitrogens with one attached hydrogen (secondary N) is 1. The van der Waals surface area contributed by atoms with E-state index in [-0.39, 0.29) is 11.9 Å². The molecule has 0 radical (unpaired) electrons. The first-order chi connectivity index (χ1) is 11.0. The van der Waals surface area contributed by atoms with Crippen LogP contribution in [0.15, 0.2) is 18.2 Å². The number of halogens is 1. The highest BCUT2D eigenvalue weighted by Gasteiger charge is 2.21. The summed E-state index contributed by atoms with van der Waals surface area (Å²) in [6.45, 7) is 2.20. The second-order valence-electron chi connectivity index (χ2n) is 5.95. The van der Waals surface area contributed by atoms with Crippen molar-refractivity contribution in [3.8, 4) is 11.5 Å². The fourth-order valence-electron chi connectivity index (χ4n) is 2.97. The molecule has 4 nitrogen and oxygen atoms in total. The molecule has 2 unspecified atom stereocenters.